The minimum Gasteiger partial charge on any atom is -0.383 e. The molecule has 0 spiro atoms. The van der Waals surface area contributed by atoms with E-state index in [0.717, 1.165) is 0 Å². The molecule has 8 heteroatoms. The van der Waals surface area contributed by atoms with Gasteiger partial charge in [0.25, 0.3) is 5.91 Å². The van der Waals surface area contributed by atoms with Crippen molar-refractivity contribution in [1.29, 1.82) is 0 Å². The van der Waals surface area contributed by atoms with Crippen molar-refractivity contribution in [2.75, 3.05) is 33.4 Å². The summed E-state index contributed by atoms with van der Waals surface area (Å²) >= 11 is 0. The molecule has 0 bridgehead atoms. The van der Waals surface area contributed by atoms with Crippen LogP contribution in [0.5, 0.6) is 0 Å². The minimum atomic E-state index is -0.668. The Balaban J connectivity index is 2.01. The van der Waals surface area contributed by atoms with E-state index in [0.29, 0.717) is 45.5 Å². The van der Waals surface area contributed by atoms with Gasteiger partial charge >= 0.3 is 0 Å². The van der Waals surface area contributed by atoms with Crippen LogP contribution in [0.4, 0.5) is 4.39 Å². The number of ether oxygens (including phenoxy) is 1. The lowest BCUT2D eigenvalue weighted by atomic mass is 9.88. The van der Waals surface area contributed by atoms with Gasteiger partial charge < -0.3 is 20.3 Å². The molecule has 1 saturated heterocycles. The van der Waals surface area contributed by atoms with E-state index in [2.05, 4.69) is 10.6 Å². The van der Waals surface area contributed by atoms with Gasteiger partial charge in [-0.05, 0) is 36.8 Å². The highest BCUT2D eigenvalue weighted by Gasteiger charge is 2.34. The van der Waals surface area contributed by atoms with E-state index in [9.17, 15) is 18.8 Å². The van der Waals surface area contributed by atoms with Gasteiger partial charge in [0.15, 0.2) is 0 Å². The number of benzene rings is 1. The molecular formula is C22H32FN3O4. The Morgan fingerprint density at radius 1 is 1.20 bits per heavy atom. The summed E-state index contributed by atoms with van der Waals surface area (Å²) in [5, 5.41) is 5.67. The van der Waals surface area contributed by atoms with Gasteiger partial charge in [-0.25, -0.2) is 4.39 Å². The van der Waals surface area contributed by atoms with Crippen LogP contribution >= 0.6 is 0 Å². The number of amides is 3. The first-order chi connectivity index (χ1) is 14.3. The van der Waals surface area contributed by atoms with Crippen LogP contribution in [0.1, 0.15) is 43.5 Å². The first-order valence-corrected chi connectivity index (χ1v) is 10.4. The fourth-order valence-electron chi connectivity index (χ4n) is 3.63. The number of rotatable bonds is 9. The van der Waals surface area contributed by atoms with E-state index < -0.39 is 11.9 Å². The summed E-state index contributed by atoms with van der Waals surface area (Å²) < 4.78 is 18.9. The number of methoxy groups -OCH3 is 1. The molecule has 0 aromatic heterocycles. The molecule has 1 aromatic carbocycles. The summed E-state index contributed by atoms with van der Waals surface area (Å²) in [5.41, 5.74) is 0.0510. The second-order valence-corrected chi connectivity index (χ2v) is 8.04. The second kappa shape index (κ2) is 11.6. The normalized spacial score (nSPS) is 15.7. The Morgan fingerprint density at radius 3 is 2.47 bits per heavy atom. The number of carbonyl (C=O) groups excluding carboxylic acids is 3. The predicted molar refractivity (Wildman–Crippen MR) is 111 cm³/mol. The van der Waals surface area contributed by atoms with Crippen LogP contribution in [-0.4, -0.2) is 62.0 Å². The minimum absolute atomic E-state index is 0.0510. The lowest BCUT2D eigenvalue weighted by molar-refractivity contribution is -0.131. The van der Waals surface area contributed by atoms with E-state index in [1.165, 1.54) is 12.1 Å². The Morgan fingerprint density at radius 2 is 1.87 bits per heavy atom. The smallest absolute Gasteiger partial charge is 0.256 e. The van der Waals surface area contributed by atoms with Gasteiger partial charge in [-0.2, -0.15) is 0 Å². The number of likely N-dealkylation sites (tertiary alicyclic amines) is 1. The highest BCUT2D eigenvalue weighted by molar-refractivity contribution is 5.94. The fourth-order valence-corrected chi connectivity index (χ4v) is 3.63. The third-order valence-electron chi connectivity index (χ3n) is 5.20. The SMILES string of the molecule is COCCNC(=O)[C@@H](NC(=O)CC(C)C)C1CCN(C(=O)c2ccccc2F)CC1. The van der Waals surface area contributed by atoms with E-state index in [1.807, 2.05) is 13.8 Å². The maximum Gasteiger partial charge on any atom is 0.256 e. The molecule has 0 radical (unpaired) electrons. The van der Waals surface area contributed by atoms with Crippen molar-refractivity contribution >= 4 is 17.7 Å². The van der Waals surface area contributed by atoms with Gasteiger partial charge in [-0.15, -0.1) is 0 Å². The van der Waals surface area contributed by atoms with Crippen molar-refractivity contribution in [3.05, 3.63) is 35.6 Å². The summed E-state index contributed by atoms with van der Waals surface area (Å²) in [6.07, 6.45) is 1.43. The van der Waals surface area contributed by atoms with Gasteiger partial charge in [0.1, 0.15) is 11.9 Å². The van der Waals surface area contributed by atoms with E-state index >= 15 is 0 Å². The zero-order chi connectivity index (χ0) is 22.1. The zero-order valence-electron chi connectivity index (χ0n) is 17.9. The number of carbonyl (C=O) groups is 3. The Labute approximate surface area is 177 Å². The molecule has 166 valence electrons. The Bertz CT molecular complexity index is 733. The maximum absolute atomic E-state index is 13.9. The first kappa shape index (κ1) is 23.8. The van der Waals surface area contributed by atoms with Gasteiger partial charge in [-0.3, -0.25) is 14.4 Å². The second-order valence-electron chi connectivity index (χ2n) is 8.04. The largest absolute Gasteiger partial charge is 0.383 e. The molecule has 0 aliphatic carbocycles. The Kier molecular flexibility index (Phi) is 9.23. The lowest BCUT2D eigenvalue weighted by Gasteiger charge is -2.36. The zero-order valence-corrected chi connectivity index (χ0v) is 17.9. The predicted octanol–water partition coefficient (Wildman–Crippen LogP) is 1.97. The van der Waals surface area contributed by atoms with Crippen LogP contribution in [0.3, 0.4) is 0 Å². The molecule has 30 heavy (non-hydrogen) atoms. The van der Waals surface area contributed by atoms with Crippen LogP contribution in [0.15, 0.2) is 24.3 Å². The molecule has 1 fully saturated rings. The molecule has 1 aliphatic heterocycles. The van der Waals surface area contributed by atoms with Gasteiger partial charge in [0.2, 0.25) is 11.8 Å². The quantitative estimate of drug-likeness (QED) is 0.597. The van der Waals surface area contributed by atoms with Crippen molar-refractivity contribution in [2.45, 2.75) is 39.2 Å². The average molecular weight is 422 g/mol. The molecule has 1 atom stereocenters. The maximum atomic E-state index is 13.9. The van der Waals surface area contributed by atoms with Crippen molar-refractivity contribution in [3.8, 4) is 0 Å². The van der Waals surface area contributed by atoms with Crippen molar-refractivity contribution < 1.29 is 23.5 Å². The molecule has 3 amide bonds. The first-order valence-electron chi connectivity index (χ1n) is 10.4. The van der Waals surface area contributed by atoms with Crippen LogP contribution in [-0.2, 0) is 14.3 Å². The molecule has 0 saturated carbocycles. The number of halogens is 1. The van der Waals surface area contributed by atoms with Crippen molar-refractivity contribution in [1.82, 2.24) is 15.5 Å². The topological polar surface area (TPSA) is 87.7 Å². The monoisotopic (exact) mass is 421 g/mol. The molecule has 2 N–H and O–H groups in total. The third-order valence-corrected chi connectivity index (χ3v) is 5.20. The molecule has 7 nitrogen and oxygen atoms in total. The van der Waals surface area contributed by atoms with Gasteiger partial charge in [0, 0.05) is 33.2 Å². The molecule has 0 unspecified atom stereocenters. The molecule has 1 heterocycles. The Hall–Kier alpha value is -2.48. The molecule has 2 rings (SSSR count). The van der Waals surface area contributed by atoms with E-state index in [4.69, 9.17) is 4.74 Å². The summed E-state index contributed by atoms with van der Waals surface area (Å²) in [6.45, 7) is 5.43. The fraction of sp³-hybridized carbons (Fsp3) is 0.591. The highest BCUT2D eigenvalue weighted by atomic mass is 19.1. The lowest BCUT2D eigenvalue weighted by Crippen LogP contribution is -2.54. The number of nitrogens with one attached hydrogen (secondary N) is 2. The van der Waals surface area contributed by atoms with Crippen LogP contribution in [0.25, 0.3) is 0 Å². The number of hydrogen-bond donors (Lipinski definition) is 2. The summed E-state index contributed by atoms with van der Waals surface area (Å²) in [6, 6.07) is 5.25. The van der Waals surface area contributed by atoms with E-state index in [1.54, 1.807) is 24.1 Å². The summed E-state index contributed by atoms with van der Waals surface area (Å²) in [5.74, 6) is -1.22. The van der Waals surface area contributed by atoms with Crippen LogP contribution in [0.2, 0.25) is 0 Å². The molecule has 1 aromatic rings. The summed E-state index contributed by atoms with van der Waals surface area (Å²) in [4.78, 5) is 39.3. The highest BCUT2D eigenvalue weighted by Crippen LogP contribution is 2.23. The van der Waals surface area contributed by atoms with Crippen molar-refractivity contribution in [3.63, 3.8) is 0 Å². The summed E-state index contributed by atoms with van der Waals surface area (Å²) in [7, 11) is 1.55. The van der Waals surface area contributed by atoms with Crippen molar-refractivity contribution in [2.24, 2.45) is 11.8 Å². The van der Waals surface area contributed by atoms with Crippen LogP contribution in [0, 0.1) is 17.7 Å². The number of piperidine rings is 1. The molecule has 1 aliphatic rings. The number of nitrogens with zero attached hydrogens (tertiary/aromatic N) is 1. The van der Waals surface area contributed by atoms with Crippen LogP contribution < -0.4 is 10.6 Å². The van der Waals surface area contributed by atoms with Gasteiger partial charge in [-0.1, -0.05) is 26.0 Å². The van der Waals surface area contributed by atoms with E-state index in [-0.39, 0.29) is 35.1 Å². The average Bonchev–Trinajstić information content (AvgIpc) is 2.71. The third kappa shape index (κ3) is 6.79. The van der Waals surface area contributed by atoms with Gasteiger partial charge in [0.05, 0.1) is 12.2 Å². The standard InChI is InChI=1S/C22H32FN3O4/c1-15(2)14-19(27)25-20(21(28)24-10-13-30-3)16-8-11-26(12-9-16)22(29)17-6-4-5-7-18(17)23/h4-7,15-16,20H,8-14H2,1-3H3,(H,24,28)(H,25,27)/t20-/m0/s1. The molecular weight excluding hydrogens is 389 g/mol. The number of hydrogen-bond acceptors (Lipinski definition) is 4.